The molecule has 1 aliphatic heterocycles. The van der Waals surface area contributed by atoms with E-state index in [9.17, 15) is 0 Å². The third-order valence-corrected chi connectivity index (χ3v) is 5.22. The second kappa shape index (κ2) is 8.06. The fraction of sp³-hybridized carbons (Fsp3) is 0.429. The molecule has 2 aliphatic rings. The summed E-state index contributed by atoms with van der Waals surface area (Å²) in [5.74, 6) is 1.74. The summed E-state index contributed by atoms with van der Waals surface area (Å²) < 4.78 is 5.41. The zero-order valence-corrected chi connectivity index (χ0v) is 15.6. The molecule has 0 unspecified atom stereocenters. The number of anilines is 2. The molecule has 0 amide bonds. The summed E-state index contributed by atoms with van der Waals surface area (Å²) in [6.45, 7) is 4.97. The molecule has 1 aromatic carbocycles. The average molecular weight is 365 g/mol. The van der Waals surface area contributed by atoms with Crippen LogP contribution in [0, 0.1) is 11.3 Å². The zero-order valence-electron chi connectivity index (χ0n) is 15.6. The van der Waals surface area contributed by atoms with Gasteiger partial charge in [0.2, 0.25) is 0 Å². The van der Waals surface area contributed by atoms with Gasteiger partial charge in [0.25, 0.3) is 0 Å². The van der Waals surface area contributed by atoms with E-state index in [-0.39, 0.29) is 0 Å². The van der Waals surface area contributed by atoms with Gasteiger partial charge in [-0.3, -0.25) is 5.41 Å². The molecule has 0 bridgehead atoms. The predicted molar refractivity (Wildman–Crippen MR) is 108 cm³/mol. The normalized spacial score (nSPS) is 17.1. The van der Waals surface area contributed by atoms with Crippen LogP contribution >= 0.6 is 0 Å². The lowest BCUT2D eigenvalue weighted by Gasteiger charge is -2.28. The molecule has 2 aromatic rings. The smallest absolute Gasteiger partial charge is 0.129 e. The van der Waals surface area contributed by atoms with Gasteiger partial charge in [0, 0.05) is 42.6 Å². The van der Waals surface area contributed by atoms with E-state index >= 15 is 0 Å². The molecule has 142 valence electrons. The van der Waals surface area contributed by atoms with Gasteiger partial charge < -0.3 is 20.7 Å². The molecular formula is C21H27N5O. The average Bonchev–Trinajstić information content (AvgIpc) is 3.54. The highest BCUT2D eigenvalue weighted by atomic mass is 16.5. The molecule has 4 rings (SSSR count). The number of nitrogens with zero attached hydrogens (tertiary/aromatic N) is 2. The van der Waals surface area contributed by atoms with Crippen molar-refractivity contribution < 1.29 is 4.74 Å². The van der Waals surface area contributed by atoms with Crippen molar-refractivity contribution >= 4 is 17.2 Å². The molecule has 1 saturated carbocycles. The maximum atomic E-state index is 8.70. The minimum absolute atomic E-state index is 0.438. The second-order valence-electron chi connectivity index (χ2n) is 7.37. The van der Waals surface area contributed by atoms with Crippen molar-refractivity contribution in [2.75, 3.05) is 43.5 Å². The Labute approximate surface area is 160 Å². The van der Waals surface area contributed by atoms with E-state index in [0.717, 1.165) is 54.6 Å². The van der Waals surface area contributed by atoms with Crippen LogP contribution in [0.5, 0.6) is 0 Å². The van der Waals surface area contributed by atoms with Gasteiger partial charge in [-0.1, -0.05) is 6.07 Å². The molecule has 6 heteroatoms. The van der Waals surface area contributed by atoms with Crippen LogP contribution in [-0.2, 0) is 11.3 Å². The molecule has 27 heavy (non-hydrogen) atoms. The number of nitrogens with one attached hydrogen (secondary N) is 2. The number of hydrogen-bond acceptors (Lipinski definition) is 6. The fourth-order valence-electron chi connectivity index (χ4n) is 3.37. The Morgan fingerprint density at radius 2 is 2.04 bits per heavy atom. The van der Waals surface area contributed by atoms with Gasteiger partial charge in [-0.05, 0) is 55.1 Å². The van der Waals surface area contributed by atoms with Crippen LogP contribution in [0.1, 0.15) is 29.5 Å². The fourth-order valence-corrected chi connectivity index (χ4v) is 3.37. The summed E-state index contributed by atoms with van der Waals surface area (Å²) >= 11 is 0. The highest BCUT2D eigenvalue weighted by molar-refractivity contribution is 6.14. The van der Waals surface area contributed by atoms with Crippen molar-refractivity contribution in [1.82, 2.24) is 10.3 Å². The Hall–Kier alpha value is -2.44. The topological polar surface area (TPSA) is 87.3 Å². The van der Waals surface area contributed by atoms with Gasteiger partial charge in [0.05, 0.1) is 18.9 Å². The first-order valence-electron chi connectivity index (χ1n) is 9.68. The van der Waals surface area contributed by atoms with Crippen LogP contribution in [0.4, 0.5) is 11.5 Å². The van der Waals surface area contributed by atoms with E-state index < -0.39 is 0 Å². The monoisotopic (exact) mass is 365 g/mol. The first-order valence-corrected chi connectivity index (χ1v) is 9.68. The summed E-state index contributed by atoms with van der Waals surface area (Å²) in [5.41, 5.74) is 10.0. The van der Waals surface area contributed by atoms with E-state index in [1.54, 1.807) is 6.20 Å². The molecular weight excluding hydrogens is 338 g/mol. The van der Waals surface area contributed by atoms with Crippen molar-refractivity contribution in [2.45, 2.75) is 19.4 Å². The van der Waals surface area contributed by atoms with Crippen molar-refractivity contribution in [3.63, 3.8) is 0 Å². The van der Waals surface area contributed by atoms with Crippen molar-refractivity contribution in [2.24, 2.45) is 5.92 Å². The SMILES string of the molecule is N=C(c1ccnc(N2CCOCC2)c1)c1cc(CNCC2CC2)ccc1N. The van der Waals surface area contributed by atoms with E-state index in [4.69, 9.17) is 15.9 Å². The van der Waals surface area contributed by atoms with Gasteiger partial charge in [0.1, 0.15) is 5.82 Å². The van der Waals surface area contributed by atoms with Crippen LogP contribution in [-0.4, -0.2) is 43.5 Å². The molecule has 1 aromatic heterocycles. The first-order chi connectivity index (χ1) is 13.2. The van der Waals surface area contributed by atoms with E-state index in [1.807, 2.05) is 30.3 Å². The summed E-state index contributed by atoms with van der Waals surface area (Å²) in [6, 6.07) is 9.83. The number of nitrogen functional groups attached to an aromatic ring is 1. The molecule has 0 atom stereocenters. The second-order valence-corrected chi connectivity index (χ2v) is 7.37. The third kappa shape index (κ3) is 4.46. The van der Waals surface area contributed by atoms with Gasteiger partial charge in [0.15, 0.2) is 0 Å². The number of morpholine rings is 1. The number of rotatable bonds is 7. The van der Waals surface area contributed by atoms with Crippen LogP contribution < -0.4 is 16.0 Å². The molecule has 0 radical (unpaired) electrons. The Morgan fingerprint density at radius 3 is 2.81 bits per heavy atom. The predicted octanol–water partition coefficient (Wildman–Crippen LogP) is 2.42. The molecule has 0 spiro atoms. The standard InChI is InChI=1S/C21H27N5O/c22-19-4-3-16(14-24-13-15-1-2-15)11-18(19)21(23)17-5-6-25-20(12-17)26-7-9-27-10-8-26/h3-6,11-12,15,23-24H,1-2,7-10,13-14,22H2. The number of nitrogens with two attached hydrogens (primary N) is 1. The number of pyridine rings is 1. The lowest BCUT2D eigenvalue weighted by molar-refractivity contribution is 0.122. The Morgan fingerprint density at radius 1 is 1.22 bits per heavy atom. The van der Waals surface area contributed by atoms with Crippen LogP contribution in [0.25, 0.3) is 0 Å². The van der Waals surface area contributed by atoms with Crippen molar-refractivity contribution in [3.8, 4) is 0 Å². The number of ether oxygens (including phenoxy) is 1. The van der Waals surface area contributed by atoms with Gasteiger partial charge >= 0.3 is 0 Å². The van der Waals surface area contributed by atoms with Crippen molar-refractivity contribution in [1.29, 1.82) is 5.41 Å². The largest absolute Gasteiger partial charge is 0.398 e. The van der Waals surface area contributed by atoms with Gasteiger partial charge in [-0.25, -0.2) is 4.98 Å². The van der Waals surface area contributed by atoms with Crippen LogP contribution in [0.2, 0.25) is 0 Å². The highest BCUT2D eigenvalue weighted by Crippen LogP contribution is 2.27. The summed E-state index contributed by atoms with van der Waals surface area (Å²) in [6.07, 6.45) is 4.46. The van der Waals surface area contributed by atoms with E-state index in [0.29, 0.717) is 24.6 Å². The van der Waals surface area contributed by atoms with Crippen LogP contribution in [0.3, 0.4) is 0 Å². The number of hydrogen-bond donors (Lipinski definition) is 3. The van der Waals surface area contributed by atoms with Crippen LogP contribution in [0.15, 0.2) is 36.5 Å². The van der Waals surface area contributed by atoms with E-state index in [2.05, 4.69) is 15.2 Å². The minimum atomic E-state index is 0.438. The lowest BCUT2D eigenvalue weighted by atomic mass is 9.99. The lowest BCUT2D eigenvalue weighted by Crippen LogP contribution is -2.36. The molecule has 4 N–H and O–H groups in total. The first kappa shape index (κ1) is 17.9. The molecule has 2 fully saturated rings. The quantitative estimate of drug-likeness (QED) is 0.518. The number of benzene rings is 1. The Balaban J connectivity index is 1.51. The Kier molecular flexibility index (Phi) is 5.36. The maximum Gasteiger partial charge on any atom is 0.129 e. The van der Waals surface area contributed by atoms with E-state index in [1.165, 1.54) is 12.8 Å². The molecule has 1 aliphatic carbocycles. The molecule has 6 nitrogen and oxygen atoms in total. The van der Waals surface area contributed by atoms with Gasteiger partial charge in [-0.15, -0.1) is 0 Å². The Bertz CT molecular complexity index is 812. The maximum absolute atomic E-state index is 8.70. The summed E-state index contributed by atoms with van der Waals surface area (Å²) in [5, 5.41) is 12.2. The number of aromatic nitrogens is 1. The highest BCUT2D eigenvalue weighted by Gasteiger charge is 2.20. The van der Waals surface area contributed by atoms with Gasteiger partial charge in [-0.2, -0.15) is 0 Å². The van der Waals surface area contributed by atoms with Crippen molar-refractivity contribution in [3.05, 3.63) is 53.2 Å². The third-order valence-electron chi connectivity index (χ3n) is 5.22. The molecule has 2 heterocycles. The molecule has 1 saturated heterocycles. The zero-order chi connectivity index (χ0) is 18.6. The minimum Gasteiger partial charge on any atom is -0.398 e. The summed E-state index contributed by atoms with van der Waals surface area (Å²) in [7, 11) is 0. The summed E-state index contributed by atoms with van der Waals surface area (Å²) in [4.78, 5) is 6.67.